The molecule has 0 aliphatic heterocycles. The Morgan fingerprint density at radius 2 is 0.460 bits per heavy atom. The quantitative estimate of drug-likeness (QED) is 0.122. The fourth-order valence-electron chi connectivity index (χ4n) is 12.3. The van der Waals surface area contributed by atoms with Gasteiger partial charge in [0, 0.05) is 54.5 Å². The monoisotopic (exact) mass is 1290 g/mol. The Bertz CT molecular complexity index is 4560. The van der Waals surface area contributed by atoms with E-state index in [0.29, 0.717) is 0 Å². The van der Waals surface area contributed by atoms with Crippen LogP contribution in [0.4, 0.5) is 0 Å². The van der Waals surface area contributed by atoms with Crippen LogP contribution < -0.4 is 0 Å². The van der Waals surface area contributed by atoms with Crippen molar-refractivity contribution in [2.24, 2.45) is 0 Å². The van der Waals surface area contributed by atoms with Gasteiger partial charge in [0.25, 0.3) is 0 Å². The molecule has 0 spiro atoms. The second kappa shape index (κ2) is 32.3. The normalized spacial score (nSPS) is 10.6. The van der Waals surface area contributed by atoms with Crippen molar-refractivity contribution in [3.05, 3.63) is 405 Å². The van der Waals surface area contributed by atoms with E-state index < -0.39 is 0 Å². The third-order valence-corrected chi connectivity index (χ3v) is 18.0. The van der Waals surface area contributed by atoms with Crippen LogP contribution in [0.3, 0.4) is 0 Å². The Hall–Kier alpha value is -12.8. The molecular formula is C95H75N5. The summed E-state index contributed by atoms with van der Waals surface area (Å²) >= 11 is 0. The zero-order chi connectivity index (χ0) is 68.2. The predicted octanol–water partition coefficient (Wildman–Crippen LogP) is 25.0. The minimum Gasteiger partial charge on any atom is -0.265 e. The van der Waals surface area contributed by atoms with Crippen molar-refractivity contribution in [3.8, 4) is 134 Å². The highest BCUT2D eigenvalue weighted by atomic mass is 14.8. The summed E-state index contributed by atoms with van der Waals surface area (Å²) in [4.78, 5) is 21.3. The zero-order valence-electron chi connectivity index (χ0n) is 56.6. The first-order valence-electron chi connectivity index (χ1n) is 33.8. The van der Waals surface area contributed by atoms with E-state index in [2.05, 4.69) is 344 Å². The summed E-state index contributed by atoms with van der Waals surface area (Å²) in [6, 6.07) is 119. The molecule has 0 N–H and O–H groups in total. The molecule has 0 saturated heterocycles. The number of rotatable bonds is 12. The summed E-state index contributed by atoms with van der Waals surface area (Å²) in [7, 11) is 0. The van der Waals surface area contributed by atoms with Gasteiger partial charge in [-0.25, -0.2) is 9.97 Å². The lowest BCUT2D eigenvalue weighted by Crippen LogP contribution is -1.88. The molecule has 0 saturated carbocycles. The van der Waals surface area contributed by atoms with E-state index in [1.807, 2.05) is 73.3 Å². The van der Waals surface area contributed by atoms with Gasteiger partial charge in [0.1, 0.15) is 0 Å². The first-order chi connectivity index (χ1) is 49.2. The van der Waals surface area contributed by atoms with Crippen molar-refractivity contribution in [2.45, 2.75) is 27.7 Å². The Labute approximate surface area is 588 Å². The average molecular weight is 1290 g/mol. The minimum atomic E-state index is 0.753. The maximum atomic E-state index is 4.42. The van der Waals surface area contributed by atoms with Gasteiger partial charge in [0.2, 0.25) is 0 Å². The predicted molar refractivity (Wildman–Crippen MR) is 419 cm³/mol. The van der Waals surface area contributed by atoms with Crippen molar-refractivity contribution in [2.75, 3.05) is 0 Å². The number of hydrogen-bond donors (Lipinski definition) is 0. The van der Waals surface area contributed by atoms with E-state index in [4.69, 9.17) is 0 Å². The second-order valence-corrected chi connectivity index (χ2v) is 24.7. The van der Waals surface area contributed by atoms with Crippen molar-refractivity contribution in [1.29, 1.82) is 0 Å². The molecule has 100 heavy (non-hydrogen) atoms. The van der Waals surface area contributed by atoms with Crippen LogP contribution in [-0.4, -0.2) is 24.9 Å². The van der Waals surface area contributed by atoms with Crippen LogP contribution in [0.1, 0.15) is 22.3 Å². The SMILES string of the molecule is Cc1ccc(-c2ccc(-c3ccccn3)cc2)cc1-c1ccccc1.Cc1ccc(-c2ccc(-c3cccnc3)cc2)cc1-c1ccccc1.Cc1ccc(-c2ccc(-c3ccncc3)cc2)cc1-c1ccccc1.Cc1ccc(-c2ccc(-c3ncccn3)cc2)cc1-c1ccccc1. The largest absolute Gasteiger partial charge is 0.265 e. The van der Waals surface area contributed by atoms with E-state index in [9.17, 15) is 0 Å². The third kappa shape index (κ3) is 16.5. The fourth-order valence-corrected chi connectivity index (χ4v) is 12.3. The molecule has 4 heterocycles. The molecule has 0 atom stereocenters. The summed E-state index contributed by atoms with van der Waals surface area (Å²) < 4.78 is 0. The van der Waals surface area contributed by atoms with Crippen molar-refractivity contribution >= 4 is 0 Å². The van der Waals surface area contributed by atoms with E-state index in [0.717, 1.165) is 28.2 Å². The van der Waals surface area contributed by atoms with Crippen LogP contribution in [0, 0.1) is 27.7 Å². The molecule has 16 rings (SSSR count). The Balaban J connectivity index is 0.000000119. The van der Waals surface area contributed by atoms with Gasteiger partial charge in [-0.2, -0.15) is 0 Å². The smallest absolute Gasteiger partial charge is 0.159 e. The van der Waals surface area contributed by atoms with Crippen LogP contribution in [0.25, 0.3) is 134 Å². The zero-order valence-corrected chi connectivity index (χ0v) is 56.6. The molecular weight excluding hydrogens is 1210 g/mol. The number of hydrogen-bond acceptors (Lipinski definition) is 5. The molecule has 12 aromatic carbocycles. The summed E-state index contributed by atoms with van der Waals surface area (Å²) in [6.45, 7) is 8.65. The van der Waals surface area contributed by atoms with E-state index in [-0.39, 0.29) is 0 Å². The topological polar surface area (TPSA) is 64.5 Å². The van der Waals surface area contributed by atoms with Crippen LogP contribution in [0.5, 0.6) is 0 Å². The van der Waals surface area contributed by atoms with E-state index >= 15 is 0 Å². The molecule has 0 amide bonds. The van der Waals surface area contributed by atoms with Gasteiger partial charge in [-0.05, 0) is 222 Å². The van der Waals surface area contributed by atoms with Crippen LogP contribution in [0.15, 0.2) is 383 Å². The number of pyridine rings is 3. The number of aromatic nitrogens is 5. The van der Waals surface area contributed by atoms with Crippen LogP contribution in [0.2, 0.25) is 0 Å². The van der Waals surface area contributed by atoms with Crippen molar-refractivity contribution in [3.63, 3.8) is 0 Å². The number of aryl methyl sites for hydroxylation is 4. The van der Waals surface area contributed by atoms with Gasteiger partial charge >= 0.3 is 0 Å². The second-order valence-electron chi connectivity index (χ2n) is 24.7. The standard InChI is InChI=1S/3C24H19N.C23H18N2/c1-18-10-11-22(17-23(18)20-7-3-2-4-8-20)19-12-14-21(15-13-19)24-9-5-6-16-25-24;1-18-9-10-22(16-24(18)21-6-3-2-4-7-21)19-11-13-20(14-12-19)23-8-5-15-25-17-23;1-18-7-8-23(17-24(18)22-5-3-2-4-6-22)20-11-9-19(10-12-20)21-13-15-25-16-14-21;1-17-8-9-21(16-22(17)19-6-3-2-4-7-19)18-10-12-20(13-11-18)23-24-14-5-15-25-23/h3*2-17H,1H3;2-16H,1H3. The van der Waals surface area contributed by atoms with E-state index in [1.54, 1.807) is 18.6 Å². The van der Waals surface area contributed by atoms with Crippen LogP contribution in [-0.2, 0) is 0 Å². The Morgan fingerprint density at radius 1 is 0.170 bits per heavy atom. The minimum absolute atomic E-state index is 0.753. The molecule has 0 fully saturated rings. The summed E-state index contributed by atoms with van der Waals surface area (Å²) in [5, 5.41) is 0. The molecule has 0 bridgehead atoms. The molecule has 16 aromatic rings. The van der Waals surface area contributed by atoms with Crippen LogP contribution >= 0.6 is 0 Å². The maximum absolute atomic E-state index is 4.42. The fraction of sp³-hybridized carbons (Fsp3) is 0.0421. The van der Waals surface area contributed by atoms with Gasteiger partial charge in [0.05, 0.1) is 5.69 Å². The van der Waals surface area contributed by atoms with Crippen molar-refractivity contribution < 1.29 is 0 Å². The summed E-state index contributed by atoms with van der Waals surface area (Å²) in [5.74, 6) is 0.753. The lowest BCUT2D eigenvalue weighted by Gasteiger charge is -2.10. The van der Waals surface area contributed by atoms with Gasteiger partial charge in [0.15, 0.2) is 5.82 Å². The molecule has 0 radical (unpaired) electrons. The number of benzene rings is 12. The molecule has 0 aliphatic rings. The molecule has 480 valence electrons. The third-order valence-electron chi connectivity index (χ3n) is 18.0. The summed E-state index contributed by atoms with van der Waals surface area (Å²) in [6.07, 6.45) is 12.7. The highest BCUT2D eigenvalue weighted by molar-refractivity contribution is 5.81. The molecule has 4 aromatic heterocycles. The first kappa shape index (κ1) is 65.8. The summed E-state index contributed by atoms with van der Waals surface area (Å²) in [5.41, 5.74) is 33.0. The Kier molecular flexibility index (Phi) is 21.2. The van der Waals surface area contributed by atoms with Gasteiger partial charge in [-0.15, -0.1) is 0 Å². The molecule has 0 unspecified atom stereocenters. The number of nitrogens with zero attached hydrogens (tertiary/aromatic N) is 5. The lowest BCUT2D eigenvalue weighted by atomic mass is 9.94. The molecule has 5 heteroatoms. The average Bonchev–Trinajstić information content (AvgIpc) is 0.847. The first-order valence-corrected chi connectivity index (χ1v) is 33.8. The van der Waals surface area contributed by atoms with Gasteiger partial charge in [-0.3, -0.25) is 15.0 Å². The van der Waals surface area contributed by atoms with Crippen molar-refractivity contribution in [1.82, 2.24) is 24.9 Å². The molecule has 5 nitrogen and oxygen atoms in total. The maximum Gasteiger partial charge on any atom is 0.159 e. The van der Waals surface area contributed by atoms with E-state index in [1.165, 1.54) is 128 Å². The lowest BCUT2D eigenvalue weighted by molar-refractivity contribution is 1.18. The Morgan fingerprint density at radius 3 is 0.800 bits per heavy atom. The van der Waals surface area contributed by atoms with Gasteiger partial charge < -0.3 is 0 Å². The van der Waals surface area contributed by atoms with Gasteiger partial charge in [-0.1, -0.05) is 279 Å². The highest BCUT2D eigenvalue weighted by Crippen LogP contribution is 2.36. The highest BCUT2D eigenvalue weighted by Gasteiger charge is 2.12. The molecule has 0 aliphatic carbocycles.